The first kappa shape index (κ1) is 15.9. The molecule has 0 bridgehead atoms. The molecule has 0 aliphatic heterocycles. The molecular weight excluding hydrogens is 334 g/mol. The number of carboxylic acids is 1. The fourth-order valence-electron chi connectivity index (χ4n) is 2.19. The molecule has 8 heteroatoms. The number of pyridine rings is 1. The first-order chi connectivity index (χ1) is 11.4. The van der Waals surface area contributed by atoms with Crippen LogP contribution in [0.2, 0.25) is 5.02 Å². The Hall–Kier alpha value is -2.93. The van der Waals surface area contributed by atoms with Gasteiger partial charge in [-0.15, -0.1) is 0 Å². The van der Waals surface area contributed by atoms with Gasteiger partial charge in [-0.2, -0.15) is 0 Å². The summed E-state index contributed by atoms with van der Waals surface area (Å²) in [5.41, 5.74) is 0.807. The van der Waals surface area contributed by atoms with Gasteiger partial charge in [0, 0.05) is 10.6 Å². The number of aromatic carboxylic acids is 1. The summed E-state index contributed by atoms with van der Waals surface area (Å²) in [4.78, 5) is 33.4. The number of fused-ring (bicyclic) bond motifs is 1. The number of aryl methyl sites for hydroxylation is 1. The van der Waals surface area contributed by atoms with Gasteiger partial charge < -0.3 is 14.8 Å². The molecule has 2 heterocycles. The van der Waals surface area contributed by atoms with E-state index >= 15 is 0 Å². The van der Waals surface area contributed by atoms with Gasteiger partial charge in [-0.3, -0.25) is 4.79 Å². The van der Waals surface area contributed by atoms with E-state index in [4.69, 9.17) is 21.4 Å². The number of hydrogen-bond acceptors (Lipinski definition) is 5. The lowest BCUT2D eigenvalue weighted by atomic mass is 10.1. The molecule has 0 aliphatic rings. The van der Waals surface area contributed by atoms with Crippen LogP contribution in [0.25, 0.3) is 10.9 Å². The van der Waals surface area contributed by atoms with E-state index in [-0.39, 0.29) is 17.9 Å². The standard InChI is InChI=1S/C16H12ClN3O4/c1-8-19-14-5-12(17)9(4-11(14)15(21)20-8)7-24-10-2-3-13(16(22)23)18-6-10/h2-6H,7H2,1H3,(H,22,23)(H,19,20,21). The van der Waals surface area contributed by atoms with Crippen molar-refractivity contribution in [2.24, 2.45) is 0 Å². The SMILES string of the molecule is Cc1nc2cc(Cl)c(COc3ccc(C(=O)O)nc3)cc2c(=O)[nH]1. The van der Waals surface area contributed by atoms with Crippen molar-refractivity contribution in [3.05, 3.63) is 62.9 Å². The zero-order chi connectivity index (χ0) is 17.3. The highest BCUT2D eigenvalue weighted by Gasteiger charge is 2.09. The number of hydrogen-bond donors (Lipinski definition) is 2. The summed E-state index contributed by atoms with van der Waals surface area (Å²) in [6.07, 6.45) is 1.32. The Kier molecular flexibility index (Phi) is 4.18. The summed E-state index contributed by atoms with van der Waals surface area (Å²) in [7, 11) is 0. The first-order valence-corrected chi connectivity index (χ1v) is 7.33. The van der Waals surface area contributed by atoms with Crippen LogP contribution in [0, 0.1) is 6.92 Å². The largest absolute Gasteiger partial charge is 0.487 e. The van der Waals surface area contributed by atoms with Crippen LogP contribution in [0.4, 0.5) is 0 Å². The fraction of sp³-hybridized carbons (Fsp3) is 0.125. The van der Waals surface area contributed by atoms with E-state index in [9.17, 15) is 9.59 Å². The average molecular weight is 346 g/mol. The van der Waals surface area contributed by atoms with Gasteiger partial charge in [0.2, 0.25) is 0 Å². The van der Waals surface area contributed by atoms with E-state index in [1.165, 1.54) is 18.3 Å². The summed E-state index contributed by atoms with van der Waals surface area (Å²) < 4.78 is 5.55. The number of aromatic amines is 1. The number of ether oxygens (including phenoxy) is 1. The molecule has 24 heavy (non-hydrogen) atoms. The Bertz CT molecular complexity index is 983. The maximum absolute atomic E-state index is 12.0. The molecule has 2 aromatic heterocycles. The van der Waals surface area contributed by atoms with Crippen LogP contribution in [0.1, 0.15) is 21.9 Å². The maximum atomic E-state index is 12.0. The Morgan fingerprint density at radius 1 is 1.38 bits per heavy atom. The predicted molar refractivity (Wildman–Crippen MR) is 87.6 cm³/mol. The van der Waals surface area contributed by atoms with Gasteiger partial charge in [-0.05, 0) is 31.2 Å². The van der Waals surface area contributed by atoms with E-state index in [0.717, 1.165) is 0 Å². The summed E-state index contributed by atoms with van der Waals surface area (Å²) in [5.74, 6) is -0.203. The van der Waals surface area contributed by atoms with E-state index < -0.39 is 5.97 Å². The molecular formula is C16H12ClN3O4. The molecule has 2 N–H and O–H groups in total. The number of aromatic nitrogens is 3. The molecule has 0 amide bonds. The number of rotatable bonds is 4. The molecule has 7 nitrogen and oxygen atoms in total. The van der Waals surface area contributed by atoms with Crippen LogP contribution >= 0.6 is 11.6 Å². The fourth-order valence-corrected chi connectivity index (χ4v) is 2.40. The number of nitrogens with one attached hydrogen (secondary N) is 1. The van der Waals surface area contributed by atoms with Crippen molar-refractivity contribution < 1.29 is 14.6 Å². The second-order valence-corrected chi connectivity index (χ2v) is 5.49. The molecule has 1 aromatic carbocycles. The molecule has 0 radical (unpaired) electrons. The average Bonchev–Trinajstić information content (AvgIpc) is 2.53. The molecule has 0 saturated heterocycles. The van der Waals surface area contributed by atoms with Crippen molar-refractivity contribution in [1.29, 1.82) is 0 Å². The van der Waals surface area contributed by atoms with Gasteiger partial charge in [0.25, 0.3) is 5.56 Å². The Morgan fingerprint density at radius 2 is 2.17 bits per heavy atom. The summed E-state index contributed by atoms with van der Waals surface area (Å²) >= 11 is 6.22. The number of carboxylic acid groups (broad SMARTS) is 1. The van der Waals surface area contributed by atoms with Crippen LogP contribution in [0.15, 0.2) is 35.3 Å². The van der Waals surface area contributed by atoms with Crippen LogP contribution in [0.3, 0.4) is 0 Å². The summed E-state index contributed by atoms with van der Waals surface area (Å²) in [5, 5.41) is 9.65. The van der Waals surface area contributed by atoms with Gasteiger partial charge in [0.1, 0.15) is 23.9 Å². The zero-order valence-electron chi connectivity index (χ0n) is 12.5. The third-order valence-electron chi connectivity index (χ3n) is 3.34. The summed E-state index contributed by atoms with van der Waals surface area (Å²) in [6.45, 7) is 1.80. The van der Waals surface area contributed by atoms with E-state index in [2.05, 4.69) is 15.0 Å². The Balaban J connectivity index is 1.86. The minimum absolute atomic E-state index is 0.0703. The third-order valence-corrected chi connectivity index (χ3v) is 3.69. The lowest BCUT2D eigenvalue weighted by molar-refractivity contribution is 0.0690. The molecule has 0 aliphatic carbocycles. The lowest BCUT2D eigenvalue weighted by Crippen LogP contribution is -2.10. The molecule has 3 aromatic rings. The quantitative estimate of drug-likeness (QED) is 0.752. The molecule has 0 saturated carbocycles. The highest BCUT2D eigenvalue weighted by molar-refractivity contribution is 6.32. The van der Waals surface area contributed by atoms with Crippen molar-refractivity contribution in [1.82, 2.24) is 15.0 Å². The van der Waals surface area contributed by atoms with Gasteiger partial charge in [0.15, 0.2) is 0 Å². The Labute approximate surface area is 140 Å². The first-order valence-electron chi connectivity index (χ1n) is 6.95. The van der Waals surface area contributed by atoms with Gasteiger partial charge in [-0.1, -0.05) is 11.6 Å². The number of benzene rings is 1. The van der Waals surface area contributed by atoms with Crippen LogP contribution in [0.5, 0.6) is 5.75 Å². The summed E-state index contributed by atoms with van der Waals surface area (Å²) in [6, 6.07) is 6.09. The van der Waals surface area contributed by atoms with E-state index in [1.807, 2.05) is 0 Å². The minimum Gasteiger partial charge on any atom is -0.487 e. The highest BCUT2D eigenvalue weighted by Crippen LogP contribution is 2.23. The van der Waals surface area contributed by atoms with Crippen molar-refractivity contribution in [2.45, 2.75) is 13.5 Å². The van der Waals surface area contributed by atoms with E-state index in [1.54, 1.807) is 19.1 Å². The number of halogens is 1. The topological polar surface area (TPSA) is 105 Å². The lowest BCUT2D eigenvalue weighted by Gasteiger charge is -2.09. The monoisotopic (exact) mass is 345 g/mol. The van der Waals surface area contributed by atoms with Crippen LogP contribution in [-0.4, -0.2) is 26.0 Å². The molecule has 0 atom stereocenters. The number of carbonyl (C=O) groups is 1. The van der Waals surface area contributed by atoms with Crippen molar-refractivity contribution in [3.8, 4) is 5.75 Å². The van der Waals surface area contributed by atoms with Crippen LogP contribution in [-0.2, 0) is 6.61 Å². The zero-order valence-corrected chi connectivity index (χ0v) is 13.3. The van der Waals surface area contributed by atoms with Crippen molar-refractivity contribution in [3.63, 3.8) is 0 Å². The molecule has 0 fully saturated rings. The van der Waals surface area contributed by atoms with Crippen molar-refractivity contribution >= 4 is 28.5 Å². The minimum atomic E-state index is -1.11. The normalized spacial score (nSPS) is 10.8. The number of H-pyrrole nitrogens is 1. The highest BCUT2D eigenvalue weighted by atomic mass is 35.5. The van der Waals surface area contributed by atoms with Crippen molar-refractivity contribution in [2.75, 3.05) is 0 Å². The molecule has 3 rings (SSSR count). The van der Waals surface area contributed by atoms with Gasteiger partial charge in [-0.25, -0.2) is 14.8 Å². The van der Waals surface area contributed by atoms with Crippen LogP contribution < -0.4 is 10.3 Å². The van der Waals surface area contributed by atoms with Gasteiger partial charge in [0.05, 0.1) is 17.1 Å². The third kappa shape index (κ3) is 3.21. The molecule has 122 valence electrons. The Morgan fingerprint density at radius 3 is 2.83 bits per heavy atom. The molecule has 0 spiro atoms. The van der Waals surface area contributed by atoms with E-state index in [0.29, 0.717) is 33.1 Å². The predicted octanol–water partition coefficient (Wildman–Crippen LogP) is 2.56. The smallest absolute Gasteiger partial charge is 0.354 e. The maximum Gasteiger partial charge on any atom is 0.354 e. The molecule has 0 unspecified atom stereocenters. The van der Waals surface area contributed by atoms with Gasteiger partial charge >= 0.3 is 5.97 Å². The number of nitrogens with zero attached hydrogens (tertiary/aromatic N) is 2. The second kappa shape index (κ2) is 6.29. The second-order valence-electron chi connectivity index (χ2n) is 5.09.